The van der Waals surface area contributed by atoms with E-state index in [9.17, 15) is 0 Å². The van der Waals surface area contributed by atoms with Crippen LogP contribution < -0.4 is 5.32 Å². The summed E-state index contributed by atoms with van der Waals surface area (Å²) in [6.45, 7) is 5.81. The summed E-state index contributed by atoms with van der Waals surface area (Å²) in [5, 5.41) is 3.15. The topological polar surface area (TPSA) is 30.5 Å². The first kappa shape index (κ1) is 9.96. The summed E-state index contributed by atoms with van der Waals surface area (Å²) < 4.78 is 11.2. The van der Waals surface area contributed by atoms with Gasteiger partial charge in [0.2, 0.25) is 0 Å². The molecule has 12 heavy (non-hydrogen) atoms. The fraction of sp³-hybridized carbons (Fsp3) is 1.00. The largest absolute Gasteiger partial charge is 0.374 e. The van der Waals surface area contributed by atoms with Crippen LogP contribution in [0.25, 0.3) is 0 Å². The van der Waals surface area contributed by atoms with Crippen molar-refractivity contribution in [3.05, 3.63) is 0 Å². The Hall–Kier alpha value is -0.120. The predicted octanol–water partition coefficient (Wildman–Crippen LogP) is 0.790. The van der Waals surface area contributed by atoms with Crippen LogP contribution in [0.5, 0.6) is 0 Å². The molecule has 3 nitrogen and oxygen atoms in total. The first-order chi connectivity index (χ1) is 5.58. The molecule has 1 atom stereocenters. The van der Waals surface area contributed by atoms with Crippen LogP contribution in [-0.4, -0.2) is 38.5 Å². The maximum Gasteiger partial charge on any atom is 0.111 e. The Morgan fingerprint density at radius 2 is 2.17 bits per heavy atom. The number of methoxy groups -OCH3 is 1. The molecule has 0 saturated carbocycles. The van der Waals surface area contributed by atoms with E-state index in [1.165, 1.54) is 0 Å². The zero-order valence-electron chi connectivity index (χ0n) is 8.44. The minimum Gasteiger partial charge on any atom is -0.374 e. The van der Waals surface area contributed by atoms with Crippen molar-refractivity contribution in [1.29, 1.82) is 0 Å². The third-order valence-electron chi connectivity index (χ3n) is 2.92. The van der Waals surface area contributed by atoms with Gasteiger partial charge in [-0.05, 0) is 20.9 Å². The number of ether oxygens (including phenoxy) is 2. The summed E-state index contributed by atoms with van der Waals surface area (Å²) in [4.78, 5) is 0. The first-order valence-electron chi connectivity index (χ1n) is 4.42. The van der Waals surface area contributed by atoms with Crippen LogP contribution in [0.2, 0.25) is 0 Å². The van der Waals surface area contributed by atoms with E-state index in [0.717, 1.165) is 19.6 Å². The average Bonchev–Trinajstić information content (AvgIpc) is 2.29. The number of hydrogen-bond donors (Lipinski definition) is 1. The molecule has 1 N–H and O–H groups in total. The Bertz CT molecular complexity index is 159. The molecule has 1 saturated heterocycles. The highest BCUT2D eigenvalue weighted by molar-refractivity contribution is 5.02. The van der Waals surface area contributed by atoms with Crippen LogP contribution in [0, 0.1) is 0 Å². The Kier molecular flexibility index (Phi) is 2.76. The summed E-state index contributed by atoms with van der Waals surface area (Å²) in [6, 6.07) is 0. The van der Waals surface area contributed by atoms with Gasteiger partial charge in [-0.1, -0.05) is 0 Å². The van der Waals surface area contributed by atoms with Gasteiger partial charge in [-0.25, -0.2) is 0 Å². The van der Waals surface area contributed by atoms with Crippen molar-refractivity contribution in [3.63, 3.8) is 0 Å². The van der Waals surface area contributed by atoms with E-state index in [1.54, 1.807) is 7.11 Å². The molecule has 0 aromatic carbocycles. The van der Waals surface area contributed by atoms with Gasteiger partial charge in [-0.3, -0.25) is 0 Å². The molecule has 0 aliphatic carbocycles. The molecule has 0 aromatic rings. The van der Waals surface area contributed by atoms with Gasteiger partial charge in [0.25, 0.3) is 0 Å². The van der Waals surface area contributed by atoms with Crippen molar-refractivity contribution in [3.8, 4) is 0 Å². The quantitative estimate of drug-likeness (QED) is 0.684. The third kappa shape index (κ3) is 1.37. The molecule has 1 rings (SSSR count). The van der Waals surface area contributed by atoms with E-state index in [1.807, 2.05) is 7.05 Å². The van der Waals surface area contributed by atoms with Gasteiger partial charge >= 0.3 is 0 Å². The number of likely N-dealkylation sites (N-methyl/N-ethyl adjacent to an activating group) is 1. The number of hydrogen-bond acceptors (Lipinski definition) is 3. The van der Waals surface area contributed by atoms with E-state index >= 15 is 0 Å². The normalized spacial score (nSPS) is 34.0. The lowest BCUT2D eigenvalue weighted by Crippen LogP contribution is -2.53. The first-order valence-corrected chi connectivity index (χ1v) is 4.42. The van der Waals surface area contributed by atoms with Crippen molar-refractivity contribution in [1.82, 2.24) is 5.32 Å². The van der Waals surface area contributed by atoms with Crippen LogP contribution in [0.1, 0.15) is 20.3 Å². The highest BCUT2D eigenvalue weighted by atomic mass is 16.6. The molecular formula is C9H19NO2. The SMILES string of the molecule is CNCC1(OC)CCOC1(C)C. The maximum atomic E-state index is 5.63. The molecule has 0 radical (unpaired) electrons. The van der Waals surface area contributed by atoms with E-state index in [0.29, 0.717) is 0 Å². The second-order valence-electron chi connectivity index (χ2n) is 3.84. The van der Waals surface area contributed by atoms with Crippen molar-refractivity contribution < 1.29 is 9.47 Å². The van der Waals surface area contributed by atoms with Gasteiger partial charge < -0.3 is 14.8 Å². The molecule has 0 bridgehead atoms. The molecule has 1 unspecified atom stereocenters. The Morgan fingerprint density at radius 1 is 1.50 bits per heavy atom. The molecule has 0 spiro atoms. The van der Waals surface area contributed by atoms with E-state index < -0.39 is 0 Å². The smallest absolute Gasteiger partial charge is 0.111 e. The Labute approximate surface area is 74.4 Å². The monoisotopic (exact) mass is 173 g/mol. The van der Waals surface area contributed by atoms with Gasteiger partial charge in [0.15, 0.2) is 0 Å². The highest BCUT2D eigenvalue weighted by Crippen LogP contribution is 2.37. The standard InChI is InChI=1S/C9H19NO2/c1-8(2)9(11-4,7-10-3)5-6-12-8/h10H,5-7H2,1-4H3. The Balaban J connectivity index is 2.76. The molecule has 1 aliphatic heterocycles. The van der Waals surface area contributed by atoms with Crippen LogP contribution in [0.15, 0.2) is 0 Å². The highest BCUT2D eigenvalue weighted by Gasteiger charge is 2.50. The molecule has 1 fully saturated rings. The van der Waals surface area contributed by atoms with Gasteiger partial charge in [0, 0.05) is 20.1 Å². The number of nitrogens with one attached hydrogen (secondary N) is 1. The van der Waals surface area contributed by atoms with Crippen molar-refractivity contribution in [2.45, 2.75) is 31.5 Å². The van der Waals surface area contributed by atoms with E-state index in [-0.39, 0.29) is 11.2 Å². The zero-order chi connectivity index (χ0) is 9.24. The van der Waals surface area contributed by atoms with Crippen LogP contribution in [0.4, 0.5) is 0 Å². The summed E-state index contributed by atoms with van der Waals surface area (Å²) >= 11 is 0. The average molecular weight is 173 g/mol. The molecule has 1 aliphatic rings. The molecule has 0 amide bonds. The minimum atomic E-state index is -0.176. The second kappa shape index (κ2) is 3.32. The third-order valence-corrected chi connectivity index (χ3v) is 2.92. The minimum absolute atomic E-state index is 0.151. The van der Waals surface area contributed by atoms with Gasteiger partial charge in [-0.15, -0.1) is 0 Å². The van der Waals surface area contributed by atoms with E-state index in [2.05, 4.69) is 19.2 Å². The van der Waals surface area contributed by atoms with Gasteiger partial charge in [0.05, 0.1) is 12.2 Å². The van der Waals surface area contributed by atoms with Crippen molar-refractivity contribution in [2.24, 2.45) is 0 Å². The molecule has 72 valence electrons. The fourth-order valence-corrected chi connectivity index (χ4v) is 1.91. The molecule has 3 heteroatoms. The van der Waals surface area contributed by atoms with E-state index in [4.69, 9.17) is 9.47 Å². The zero-order valence-corrected chi connectivity index (χ0v) is 8.44. The van der Waals surface area contributed by atoms with Crippen molar-refractivity contribution >= 4 is 0 Å². The maximum absolute atomic E-state index is 5.63. The van der Waals surface area contributed by atoms with Crippen LogP contribution in [-0.2, 0) is 9.47 Å². The summed E-state index contributed by atoms with van der Waals surface area (Å²) in [5.74, 6) is 0. The van der Waals surface area contributed by atoms with Crippen molar-refractivity contribution in [2.75, 3.05) is 27.3 Å². The summed E-state index contributed by atoms with van der Waals surface area (Å²) in [5.41, 5.74) is -0.327. The lowest BCUT2D eigenvalue weighted by Gasteiger charge is -2.38. The fourth-order valence-electron chi connectivity index (χ4n) is 1.91. The molecule has 1 heterocycles. The predicted molar refractivity (Wildman–Crippen MR) is 48.3 cm³/mol. The van der Waals surface area contributed by atoms with Gasteiger partial charge in [0.1, 0.15) is 5.60 Å². The molecule has 0 aromatic heterocycles. The number of rotatable bonds is 3. The molecular weight excluding hydrogens is 154 g/mol. The lowest BCUT2D eigenvalue weighted by molar-refractivity contribution is -0.116. The second-order valence-corrected chi connectivity index (χ2v) is 3.84. The summed E-state index contributed by atoms with van der Waals surface area (Å²) in [6.07, 6.45) is 0.970. The van der Waals surface area contributed by atoms with Crippen LogP contribution >= 0.6 is 0 Å². The van der Waals surface area contributed by atoms with Crippen LogP contribution in [0.3, 0.4) is 0 Å². The summed E-state index contributed by atoms with van der Waals surface area (Å²) in [7, 11) is 3.70. The lowest BCUT2D eigenvalue weighted by atomic mass is 9.85. The Morgan fingerprint density at radius 3 is 2.50 bits per heavy atom. The van der Waals surface area contributed by atoms with Gasteiger partial charge in [-0.2, -0.15) is 0 Å².